The smallest absolute Gasteiger partial charge is 0.238 e. The summed E-state index contributed by atoms with van der Waals surface area (Å²) in [5.41, 5.74) is 10.1. The van der Waals surface area contributed by atoms with Crippen LogP contribution in [0.25, 0.3) is 136 Å². The van der Waals surface area contributed by atoms with Crippen molar-refractivity contribution in [2.75, 3.05) is 0 Å². The van der Waals surface area contributed by atoms with Gasteiger partial charge in [0.2, 0.25) is 5.95 Å². The lowest BCUT2D eigenvalue weighted by molar-refractivity contribution is 0.669. The molecule has 0 spiro atoms. The molecule has 5 nitrogen and oxygen atoms in total. The number of benzene rings is 10. The second-order valence-electron chi connectivity index (χ2n) is 16.7. The molecular weight excluding hydrogens is 813 g/mol. The van der Waals surface area contributed by atoms with Crippen molar-refractivity contribution in [2.24, 2.45) is 0 Å². The Balaban J connectivity index is 1.04. The van der Waals surface area contributed by atoms with E-state index in [-0.39, 0.29) is 0 Å². The fraction of sp³-hybridized carbons (Fsp3) is 0. The standard InChI is InChI=1S/C59H34N4OS/c1-2-14-36(15-3-1)57-60-58(38-28-30-45-44-17-6-8-25-51(44)64-52(45)33-38)62-59(61-57)63-50-32-29-35-13-4-5-16-40(35)55(50)49-24-12-23-48(56(49)63)43-22-11-20-41-39(19-10-21-42(41)43)37-27-31-47-46-18-7-9-26-53(46)65-54(47)34-37/h1-34H. The lowest BCUT2D eigenvalue weighted by Crippen LogP contribution is -2.07. The summed E-state index contributed by atoms with van der Waals surface area (Å²) in [4.78, 5) is 15.9. The van der Waals surface area contributed by atoms with E-state index in [1.165, 1.54) is 52.8 Å². The molecule has 4 aromatic heterocycles. The zero-order valence-corrected chi connectivity index (χ0v) is 35.6. The van der Waals surface area contributed by atoms with E-state index < -0.39 is 0 Å². The van der Waals surface area contributed by atoms with Crippen LogP contribution in [0.2, 0.25) is 0 Å². The van der Waals surface area contributed by atoms with Crippen molar-refractivity contribution in [3.8, 4) is 51.0 Å². The molecule has 0 saturated heterocycles. The second-order valence-corrected chi connectivity index (χ2v) is 17.8. The van der Waals surface area contributed by atoms with Crippen LogP contribution in [0.3, 0.4) is 0 Å². The Hall–Kier alpha value is -8.45. The van der Waals surface area contributed by atoms with E-state index in [2.05, 4.69) is 174 Å². The van der Waals surface area contributed by atoms with Crippen molar-refractivity contribution in [1.82, 2.24) is 19.5 Å². The molecule has 0 saturated carbocycles. The van der Waals surface area contributed by atoms with Gasteiger partial charge in [-0.05, 0) is 74.6 Å². The van der Waals surface area contributed by atoms with Gasteiger partial charge < -0.3 is 4.42 Å². The highest BCUT2D eigenvalue weighted by atomic mass is 32.1. The minimum absolute atomic E-state index is 0.541. The van der Waals surface area contributed by atoms with Crippen LogP contribution in [0.4, 0.5) is 0 Å². The highest BCUT2D eigenvalue weighted by molar-refractivity contribution is 7.25. The largest absolute Gasteiger partial charge is 0.456 e. The Labute approximate surface area is 376 Å². The third kappa shape index (κ3) is 5.54. The molecule has 0 fully saturated rings. The number of hydrogen-bond acceptors (Lipinski definition) is 5. The van der Waals surface area contributed by atoms with E-state index in [1.54, 1.807) is 0 Å². The first-order valence-electron chi connectivity index (χ1n) is 21.8. The third-order valence-electron chi connectivity index (χ3n) is 13.1. The predicted molar refractivity (Wildman–Crippen MR) is 271 cm³/mol. The van der Waals surface area contributed by atoms with Gasteiger partial charge in [-0.1, -0.05) is 170 Å². The van der Waals surface area contributed by atoms with Gasteiger partial charge in [-0.2, -0.15) is 9.97 Å². The van der Waals surface area contributed by atoms with Crippen molar-refractivity contribution < 1.29 is 4.42 Å². The summed E-state index contributed by atoms with van der Waals surface area (Å²) in [5.74, 6) is 1.70. The molecular formula is C59H34N4OS. The molecule has 10 aromatic carbocycles. The second kappa shape index (κ2) is 14.0. The molecule has 14 aromatic rings. The molecule has 0 bridgehead atoms. The topological polar surface area (TPSA) is 56.7 Å². The number of nitrogens with zero attached hydrogens (tertiary/aromatic N) is 4. The molecule has 0 amide bonds. The fourth-order valence-corrected chi connectivity index (χ4v) is 11.3. The van der Waals surface area contributed by atoms with Crippen LogP contribution in [-0.4, -0.2) is 19.5 Å². The van der Waals surface area contributed by atoms with E-state index >= 15 is 0 Å². The zero-order chi connectivity index (χ0) is 42.6. The van der Waals surface area contributed by atoms with Crippen molar-refractivity contribution in [3.63, 3.8) is 0 Å². The van der Waals surface area contributed by atoms with Gasteiger partial charge in [-0.3, -0.25) is 4.57 Å². The summed E-state index contributed by atoms with van der Waals surface area (Å²) in [6.45, 7) is 0. The molecule has 0 unspecified atom stereocenters. The number of rotatable bonds is 5. The van der Waals surface area contributed by atoms with Crippen LogP contribution in [-0.2, 0) is 0 Å². The lowest BCUT2D eigenvalue weighted by Gasteiger charge is -2.15. The first kappa shape index (κ1) is 36.1. The Morgan fingerprint density at radius 3 is 1.88 bits per heavy atom. The molecule has 65 heavy (non-hydrogen) atoms. The molecule has 0 radical (unpaired) electrons. The van der Waals surface area contributed by atoms with Crippen LogP contribution in [0.15, 0.2) is 211 Å². The molecule has 4 heterocycles. The minimum Gasteiger partial charge on any atom is -0.456 e. The third-order valence-corrected chi connectivity index (χ3v) is 14.2. The van der Waals surface area contributed by atoms with Crippen LogP contribution in [0, 0.1) is 0 Å². The maximum Gasteiger partial charge on any atom is 0.238 e. The van der Waals surface area contributed by atoms with E-state index in [1.807, 2.05) is 47.7 Å². The summed E-state index contributed by atoms with van der Waals surface area (Å²) >= 11 is 1.86. The maximum atomic E-state index is 6.38. The van der Waals surface area contributed by atoms with Crippen LogP contribution in [0.1, 0.15) is 0 Å². The average Bonchev–Trinajstić information content (AvgIpc) is 4.05. The minimum atomic E-state index is 0.541. The predicted octanol–water partition coefficient (Wildman–Crippen LogP) is 16.2. The van der Waals surface area contributed by atoms with Crippen LogP contribution < -0.4 is 0 Å². The van der Waals surface area contributed by atoms with Gasteiger partial charge in [-0.15, -0.1) is 11.3 Å². The quantitative estimate of drug-likeness (QED) is 0.173. The maximum absolute atomic E-state index is 6.38. The summed E-state index contributed by atoms with van der Waals surface area (Å²) < 4.78 is 11.2. The average molecular weight is 847 g/mol. The first-order chi connectivity index (χ1) is 32.2. The Morgan fingerprint density at radius 1 is 0.369 bits per heavy atom. The normalized spacial score (nSPS) is 12.0. The van der Waals surface area contributed by atoms with Crippen molar-refractivity contribution in [2.45, 2.75) is 0 Å². The van der Waals surface area contributed by atoms with Crippen molar-refractivity contribution >= 4 is 96.8 Å². The number of thiophene rings is 1. The molecule has 0 atom stereocenters. The summed E-state index contributed by atoms with van der Waals surface area (Å²) in [5, 5.41) is 11.8. The van der Waals surface area contributed by atoms with Crippen molar-refractivity contribution in [3.05, 3.63) is 206 Å². The molecule has 0 N–H and O–H groups in total. The Kier molecular flexibility index (Phi) is 7.79. The summed E-state index contributed by atoms with van der Waals surface area (Å²) in [7, 11) is 0. The van der Waals surface area contributed by atoms with Gasteiger partial charge >= 0.3 is 0 Å². The van der Waals surface area contributed by atoms with Crippen LogP contribution in [0.5, 0.6) is 0 Å². The first-order valence-corrected chi connectivity index (χ1v) is 22.7. The highest BCUT2D eigenvalue weighted by Crippen LogP contribution is 2.45. The van der Waals surface area contributed by atoms with Gasteiger partial charge in [0.1, 0.15) is 11.2 Å². The van der Waals surface area contributed by atoms with Gasteiger partial charge in [-0.25, -0.2) is 4.98 Å². The molecule has 0 aliphatic carbocycles. The highest BCUT2D eigenvalue weighted by Gasteiger charge is 2.23. The lowest BCUT2D eigenvalue weighted by atomic mass is 9.91. The number of aromatic nitrogens is 4. The molecule has 0 aliphatic heterocycles. The molecule has 302 valence electrons. The molecule has 0 aliphatic rings. The van der Waals surface area contributed by atoms with Crippen molar-refractivity contribution in [1.29, 1.82) is 0 Å². The van der Waals surface area contributed by atoms with Gasteiger partial charge in [0.05, 0.1) is 11.0 Å². The van der Waals surface area contributed by atoms with Gasteiger partial charge in [0, 0.05) is 58.4 Å². The SMILES string of the molecule is c1ccc(-c2nc(-c3ccc4c(c3)oc3ccccc34)nc(-n3c4ccc5ccccc5c4c4cccc(-c5cccc6c(-c7ccc8c(c7)sc7ccccc78)cccc56)c43)n2)cc1. The summed E-state index contributed by atoms with van der Waals surface area (Å²) in [6.07, 6.45) is 0. The van der Waals surface area contributed by atoms with E-state index in [0.29, 0.717) is 17.6 Å². The number of hydrogen-bond donors (Lipinski definition) is 0. The molecule has 6 heteroatoms. The molecule has 14 rings (SSSR count). The number of para-hydroxylation sites is 2. The van der Waals surface area contributed by atoms with E-state index in [4.69, 9.17) is 19.4 Å². The van der Waals surface area contributed by atoms with Gasteiger partial charge in [0.25, 0.3) is 0 Å². The Morgan fingerprint density at radius 2 is 1.00 bits per heavy atom. The number of furan rings is 1. The van der Waals surface area contributed by atoms with E-state index in [0.717, 1.165) is 66.0 Å². The number of fused-ring (bicyclic) bond motifs is 12. The fourth-order valence-electron chi connectivity index (χ4n) is 10.1. The Bertz CT molecular complexity index is 4260. The zero-order valence-electron chi connectivity index (χ0n) is 34.7. The van der Waals surface area contributed by atoms with E-state index in [9.17, 15) is 0 Å². The monoisotopic (exact) mass is 846 g/mol. The van der Waals surface area contributed by atoms with Crippen LogP contribution >= 0.6 is 11.3 Å². The van der Waals surface area contributed by atoms with Gasteiger partial charge in [0.15, 0.2) is 11.6 Å². The summed E-state index contributed by atoms with van der Waals surface area (Å²) in [6, 6.07) is 73.4.